The van der Waals surface area contributed by atoms with E-state index in [0.717, 1.165) is 47.8 Å². The van der Waals surface area contributed by atoms with Gasteiger partial charge in [0.05, 0.1) is 18.7 Å². The van der Waals surface area contributed by atoms with E-state index in [2.05, 4.69) is 15.3 Å². The van der Waals surface area contributed by atoms with Gasteiger partial charge in [-0.2, -0.15) is 0 Å². The lowest BCUT2D eigenvalue weighted by atomic mass is 9.93. The summed E-state index contributed by atoms with van der Waals surface area (Å²) in [7, 11) is 1.85. The van der Waals surface area contributed by atoms with Crippen LogP contribution in [0, 0.1) is 0 Å². The Hall–Kier alpha value is -3.48. The number of rotatable bonds is 7. The Morgan fingerprint density at radius 3 is 2.78 bits per heavy atom. The van der Waals surface area contributed by atoms with Crippen molar-refractivity contribution in [2.24, 2.45) is 0 Å². The van der Waals surface area contributed by atoms with Gasteiger partial charge in [0.2, 0.25) is 5.91 Å². The Morgan fingerprint density at radius 1 is 1.22 bits per heavy atom. The molecule has 32 heavy (non-hydrogen) atoms. The molecule has 3 heterocycles. The summed E-state index contributed by atoms with van der Waals surface area (Å²) in [6, 6.07) is 13.6. The number of carbonyl (C=O) groups excluding carboxylic acids is 1. The lowest BCUT2D eigenvalue weighted by molar-refractivity contribution is -0.131. The quantitative estimate of drug-likeness (QED) is 0.611. The molecule has 3 aromatic rings. The molecular weight excluding hydrogens is 402 g/mol. The maximum Gasteiger partial charge on any atom is 0.227 e. The number of amides is 1. The van der Waals surface area contributed by atoms with Crippen molar-refractivity contribution >= 4 is 11.7 Å². The monoisotopic (exact) mass is 431 g/mol. The SMILES string of the molecule is CCOc1ccc(CC(=O)N2CCC[C@@H](c3cc(NC)nc(-c4cccnc4)n3)C2)cc1. The van der Waals surface area contributed by atoms with Gasteiger partial charge in [-0.05, 0) is 49.6 Å². The van der Waals surface area contributed by atoms with Gasteiger partial charge >= 0.3 is 0 Å². The van der Waals surface area contributed by atoms with E-state index in [4.69, 9.17) is 9.72 Å². The molecule has 0 unspecified atom stereocenters. The van der Waals surface area contributed by atoms with E-state index in [0.29, 0.717) is 25.4 Å². The molecule has 0 saturated carbocycles. The second kappa shape index (κ2) is 10.2. The van der Waals surface area contributed by atoms with Crippen molar-refractivity contribution < 1.29 is 9.53 Å². The van der Waals surface area contributed by atoms with Gasteiger partial charge < -0.3 is 15.0 Å². The van der Waals surface area contributed by atoms with Crippen LogP contribution in [0.4, 0.5) is 5.82 Å². The summed E-state index contributed by atoms with van der Waals surface area (Å²) in [6.45, 7) is 4.05. The molecule has 4 rings (SSSR count). The van der Waals surface area contributed by atoms with E-state index in [1.165, 1.54) is 0 Å². The Kier molecular flexibility index (Phi) is 6.94. The maximum absolute atomic E-state index is 13.0. The number of ether oxygens (including phenoxy) is 1. The van der Waals surface area contributed by atoms with Crippen molar-refractivity contribution in [1.29, 1.82) is 0 Å². The molecule has 0 radical (unpaired) electrons. The van der Waals surface area contributed by atoms with Crippen molar-refractivity contribution in [3.8, 4) is 17.1 Å². The average Bonchev–Trinajstić information content (AvgIpc) is 2.85. The first-order valence-electron chi connectivity index (χ1n) is 11.1. The lowest BCUT2D eigenvalue weighted by Crippen LogP contribution is -2.40. The molecule has 1 atom stereocenters. The first kappa shape index (κ1) is 21.7. The molecular formula is C25H29N5O2. The summed E-state index contributed by atoms with van der Waals surface area (Å²) in [6.07, 6.45) is 5.86. The maximum atomic E-state index is 13.0. The number of benzene rings is 1. The highest BCUT2D eigenvalue weighted by Gasteiger charge is 2.26. The number of hydrogen-bond donors (Lipinski definition) is 1. The number of nitrogens with one attached hydrogen (secondary N) is 1. The molecule has 1 N–H and O–H groups in total. The molecule has 7 heteroatoms. The molecule has 7 nitrogen and oxygen atoms in total. The molecule has 0 aliphatic carbocycles. The summed E-state index contributed by atoms with van der Waals surface area (Å²) >= 11 is 0. The summed E-state index contributed by atoms with van der Waals surface area (Å²) in [5.74, 6) is 2.58. The van der Waals surface area contributed by atoms with Crippen molar-refractivity contribution in [3.63, 3.8) is 0 Å². The summed E-state index contributed by atoms with van der Waals surface area (Å²) < 4.78 is 5.49. The fourth-order valence-corrected chi connectivity index (χ4v) is 4.03. The van der Waals surface area contributed by atoms with Crippen LogP contribution in [-0.2, 0) is 11.2 Å². The highest BCUT2D eigenvalue weighted by Crippen LogP contribution is 2.29. The van der Waals surface area contributed by atoms with Gasteiger partial charge in [0.25, 0.3) is 0 Å². The van der Waals surface area contributed by atoms with E-state index < -0.39 is 0 Å². The predicted octanol–water partition coefficient (Wildman–Crippen LogP) is 3.93. The Balaban J connectivity index is 1.48. The Morgan fingerprint density at radius 2 is 2.06 bits per heavy atom. The zero-order valence-electron chi connectivity index (χ0n) is 18.6. The summed E-state index contributed by atoms with van der Waals surface area (Å²) in [5, 5.41) is 3.13. The zero-order chi connectivity index (χ0) is 22.3. The lowest BCUT2D eigenvalue weighted by Gasteiger charge is -2.33. The fraction of sp³-hybridized carbons (Fsp3) is 0.360. The summed E-state index contributed by atoms with van der Waals surface area (Å²) in [5.41, 5.74) is 2.84. The molecule has 166 valence electrons. The van der Waals surface area contributed by atoms with Gasteiger partial charge in [-0.25, -0.2) is 9.97 Å². The predicted molar refractivity (Wildman–Crippen MR) is 125 cm³/mol. The minimum Gasteiger partial charge on any atom is -0.494 e. The molecule has 1 fully saturated rings. The number of pyridine rings is 1. The van der Waals surface area contributed by atoms with Gasteiger partial charge in [-0.1, -0.05) is 12.1 Å². The van der Waals surface area contributed by atoms with Crippen LogP contribution < -0.4 is 10.1 Å². The highest BCUT2D eigenvalue weighted by atomic mass is 16.5. The average molecular weight is 432 g/mol. The third-order valence-electron chi connectivity index (χ3n) is 5.70. The van der Waals surface area contributed by atoms with Crippen molar-refractivity contribution in [1.82, 2.24) is 19.9 Å². The Labute approximate surface area is 188 Å². The third kappa shape index (κ3) is 5.22. The number of likely N-dealkylation sites (tertiary alicyclic amines) is 1. The molecule has 1 aromatic carbocycles. The molecule has 0 spiro atoms. The number of nitrogens with zero attached hydrogens (tertiary/aromatic N) is 4. The van der Waals surface area contributed by atoms with Crippen LogP contribution >= 0.6 is 0 Å². The third-order valence-corrected chi connectivity index (χ3v) is 5.70. The molecule has 0 bridgehead atoms. The first-order chi connectivity index (χ1) is 15.7. The minimum atomic E-state index is 0.147. The number of hydrogen-bond acceptors (Lipinski definition) is 6. The standard InChI is InChI=1S/C25H29N5O2/c1-3-32-21-10-8-18(9-11-21)14-24(31)30-13-5-7-20(17-30)22-15-23(26-2)29-25(28-22)19-6-4-12-27-16-19/h4,6,8-12,15-16,20H,3,5,7,13-14,17H2,1-2H3,(H,26,28,29)/t20-/m1/s1. The molecule has 1 saturated heterocycles. The molecule has 2 aromatic heterocycles. The van der Waals surface area contributed by atoms with Crippen LogP contribution in [0.1, 0.15) is 36.9 Å². The second-order valence-electron chi connectivity index (χ2n) is 7.93. The van der Waals surface area contributed by atoms with Crippen LogP contribution in [0.25, 0.3) is 11.4 Å². The van der Waals surface area contributed by atoms with E-state index in [9.17, 15) is 4.79 Å². The highest BCUT2D eigenvalue weighted by molar-refractivity contribution is 5.79. The van der Waals surface area contributed by atoms with E-state index in [1.807, 2.05) is 61.3 Å². The van der Waals surface area contributed by atoms with Gasteiger partial charge in [-0.3, -0.25) is 9.78 Å². The van der Waals surface area contributed by atoms with Crippen molar-refractivity contribution in [2.45, 2.75) is 32.1 Å². The molecule has 1 aliphatic heterocycles. The first-order valence-corrected chi connectivity index (χ1v) is 11.1. The van der Waals surface area contributed by atoms with Crippen LogP contribution in [0.2, 0.25) is 0 Å². The van der Waals surface area contributed by atoms with E-state index in [-0.39, 0.29) is 11.8 Å². The van der Waals surface area contributed by atoms with E-state index >= 15 is 0 Å². The number of piperidine rings is 1. The van der Waals surface area contributed by atoms with E-state index in [1.54, 1.807) is 12.4 Å². The van der Waals surface area contributed by atoms with Crippen molar-refractivity contribution in [2.75, 3.05) is 32.1 Å². The number of carbonyl (C=O) groups is 1. The van der Waals surface area contributed by atoms with Crippen LogP contribution in [0.15, 0.2) is 54.9 Å². The number of aromatic nitrogens is 3. The normalized spacial score (nSPS) is 15.9. The second-order valence-corrected chi connectivity index (χ2v) is 7.93. The van der Waals surface area contributed by atoms with Crippen LogP contribution in [0.3, 0.4) is 0 Å². The van der Waals surface area contributed by atoms with Gasteiger partial charge in [0.1, 0.15) is 11.6 Å². The minimum absolute atomic E-state index is 0.147. The van der Waals surface area contributed by atoms with Crippen LogP contribution in [-0.4, -0.2) is 52.5 Å². The summed E-state index contributed by atoms with van der Waals surface area (Å²) in [4.78, 5) is 28.6. The smallest absolute Gasteiger partial charge is 0.227 e. The van der Waals surface area contributed by atoms with Crippen molar-refractivity contribution in [3.05, 3.63) is 66.1 Å². The van der Waals surface area contributed by atoms with Crippen LogP contribution in [0.5, 0.6) is 5.75 Å². The topological polar surface area (TPSA) is 80.2 Å². The fourth-order valence-electron chi connectivity index (χ4n) is 4.03. The molecule has 1 aliphatic rings. The zero-order valence-corrected chi connectivity index (χ0v) is 18.6. The Bertz CT molecular complexity index is 1040. The van der Waals surface area contributed by atoms with Gasteiger partial charge in [0, 0.05) is 50.1 Å². The van der Waals surface area contributed by atoms with Gasteiger partial charge in [-0.15, -0.1) is 0 Å². The molecule has 1 amide bonds. The van der Waals surface area contributed by atoms with Gasteiger partial charge in [0.15, 0.2) is 5.82 Å². The largest absolute Gasteiger partial charge is 0.494 e. The number of anilines is 1.